The molecule has 0 saturated carbocycles. The first kappa shape index (κ1) is 17.7. The maximum Gasteiger partial charge on any atom is 0.322 e. The van der Waals surface area contributed by atoms with Crippen molar-refractivity contribution < 1.29 is 14.3 Å². The molecule has 6 heteroatoms. The summed E-state index contributed by atoms with van der Waals surface area (Å²) in [5, 5.41) is 2.97. The third kappa shape index (κ3) is 3.95. The van der Waals surface area contributed by atoms with Crippen molar-refractivity contribution in [2.75, 3.05) is 38.2 Å². The smallest absolute Gasteiger partial charge is 0.322 e. The molecule has 0 aliphatic carbocycles. The van der Waals surface area contributed by atoms with Gasteiger partial charge in [-0.05, 0) is 30.9 Å². The zero-order valence-corrected chi connectivity index (χ0v) is 15.0. The fourth-order valence-electron chi connectivity index (χ4n) is 3.64. The van der Waals surface area contributed by atoms with Gasteiger partial charge in [0.15, 0.2) is 0 Å². The molecule has 2 saturated heterocycles. The van der Waals surface area contributed by atoms with Crippen LogP contribution in [-0.2, 0) is 4.74 Å². The van der Waals surface area contributed by atoms with Gasteiger partial charge in [0, 0.05) is 25.7 Å². The van der Waals surface area contributed by atoms with Crippen molar-refractivity contribution in [1.29, 1.82) is 0 Å². The number of rotatable bonds is 3. The van der Waals surface area contributed by atoms with Crippen LogP contribution in [0.5, 0.6) is 0 Å². The molecule has 1 N–H and O–H groups in total. The Morgan fingerprint density at radius 2 is 1.88 bits per heavy atom. The number of carbonyl (C=O) groups is 2. The van der Waals surface area contributed by atoms with Crippen LogP contribution in [0.4, 0.5) is 10.5 Å². The van der Waals surface area contributed by atoms with Gasteiger partial charge in [0.05, 0.1) is 24.5 Å². The molecule has 1 aromatic rings. The number of anilines is 1. The lowest BCUT2D eigenvalue weighted by Gasteiger charge is -2.29. The van der Waals surface area contributed by atoms with Crippen molar-refractivity contribution in [2.24, 2.45) is 5.92 Å². The maximum atomic E-state index is 12.8. The fraction of sp³-hybridized carbons (Fsp3) is 0.579. The average Bonchev–Trinajstić information content (AvgIpc) is 3.12. The second-order valence-corrected chi connectivity index (χ2v) is 7.03. The van der Waals surface area contributed by atoms with Crippen LogP contribution in [0.15, 0.2) is 24.3 Å². The van der Waals surface area contributed by atoms with Gasteiger partial charge in [0.2, 0.25) is 0 Å². The Kier molecular flexibility index (Phi) is 5.58. The molecule has 25 heavy (non-hydrogen) atoms. The number of benzene rings is 1. The van der Waals surface area contributed by atoms with Gasteiger partial charge in [0.1, 0.15) is 0 Å². The molecule has 136 valence electrons. The number of nitrogens with one attached hydrogen (secondary N) is 1. The number of hydrogen-bond donors (Lipinski definition) is 1. The van der Waals surface area contributed by atoms with Gasteiger partial charge in [0.25, 0.3) is 5.91 Å². The lowest BCUT2D eigenvalue weighted by molar-refractivity contribution is 0.0303. The molecular formula is C19H27N3O3. The number of carbonyl (C=O) groups excluding carboxylic acids is 2. The summed E-state index contributed by atoms with van der Waals surface area (Å²) in [7, 11) is 0. The van der Waals surface area contributed by atoms with Gasteiger partial charge in [-0.2, -0.15) is 0 Å². The maximum absolute atomic E-state index is 12.8. The van der Waals surface area contributed by atoms with Crippen molar-refractivity contribution in [2.45, 2.75) is 32.7 Å². The highest BCUT2D eigenvalue weighted by atomic mass is 16.5. The number of ether oxygens (including phenoxy) is 1. The minimum atomic E-state index is -0.113. The minimum Gasteiger partial charge on any atom is -0.378 e. The Morgan fingerprint density at radius 1 is 1.16 bits per heavy atom. The molecule has 6 nitrogen and oxygen atoms in total. The van der Waals surface area contributed by atoms with Gasteiger partial charge in [-0.3, -0.25) is 4.79 Å². The Hall–Kier alpha value is -2.08. The highest BCUT2D eigenvalue weighted by molar-refractivity contribution is 6.03. The number of morpholine rings is 1. The predicted molar refractivity (Wildman–Crippen MR) is 96.7 cm³/mol. The Bertz CT molecular complexity index is 626. The molecule has 0 spiro atoms. The second kappa shape index (κ2) is 7.87. The molecule has 2 aliphatic rings. The quantitative estimate of drug-likeness (QED) is 0.916. The Balaban J connectivity index is 1.74. The number of nitrogens with zero attached hydrogens (tertiary/aromatic N) is 2. The molecule has 2 fully saturated rings. The van der Waals surface area contributed by atoms with Gasteiger partial charge >= 0.3 is 6.03 Å². The first-order valence-electron chi connectivity index (χ1n) is 9.11. The van der Waals surface area contributed by atoms with Crippen LogP contribution in [0.1, 0.15) is 37.0 Å². The first-order chi connectivity index (χ1) is 12.1. The summed E-state index contributed by atoms with van der Waals surface area (Å²) < 4.78 is 5.31. The van der Waals surface area contributed by atoms with Crippen molar-refractivity contribution in [1.82, 2.24) is 9.80 Å². The van der Waals surface area contributed by atoms with E-state index in [1.807, 2.05) is 17.0 Å². The summed E-state index contributed by atoms with van der Waals surface area (Å²) >= 11 is 0. The second-order valence-electron chi connectivity index (χ2n) is 7.03. The van der Waals surface area contributed by atoms with Crippen molar-refractivity contribution in [3.63, 3.8) is 0 Å². The van der Waals surface area contributed by atoms with Crippen LogP contribution in [0, 0.1) is 5.92 Å². The fourth-order valence-corrected chi connectivity index (χ4v) is 3.64. The van der Waals surface area contributed by atoms with E-state index in [0.29, 0.717) is 43.5 Å². The van der Waals surface area contributed by atoms with E-state index in [1.165, 1.54) is 0 Å². The third-order valence-corrected chi connectivity index (χ3v) is 5.03. The van der Waals surface area contributed by atoms with E-state index < -0.39 is 0 Å². The van der Waals surface area contributed by atoms with Gasteiger partial charge in [-0.15, -0.1) is 0 Å². The lowest BCUT2D eigenvalue weighted by atomic mass is 10.0. The monoisotopic (exact) mass is 345 g/mol. The largest absolute Gasteiger partial charge is 0.378 e. The lowest BCUT2D eigenvalue weighted by Crippen LogP contribution is -2.42. The summed E-state index contributed by atoms with van der Waals surface area (Å²) in [4.78, 5) is 29.2. The van der Waals surface area contributed by atoms with E-state index in [0.717, 1.165) is 19.4 Å². The SMILES string of the molecule is CC(C)[C@H]1CCCN1C(=O)Nc1ccccc1C(=O)N1CCOCC1. The van der Waals surface area contributed by atoms with Gasteiger partial charge in [-0.1, -0.05) is 26.0 Å². The van der Waals surface area contributed by atoms with Crippen molar-refractivity contribution in [3.05, 3.63) is 29.8 Å². The highest BCUT2D eigenvalue weighted by Crippen LogP contribution is 2.25. The van der Waals surface area contributed by atoms with Gasteiger partial charge in [-0.25, -0.2) is 4.79 Å². The van der Waals surface area contributed by atoms with Crippen LogP contribution in [-0.4, -0.2) is 60.6 Å². The number of para-hydroxylation sites is 1. The summed E-state index contributed by atoms with van der Waals surface area (Å²) in [6.45, 7) is 7.35. The summed E-state index contributed by atoms with van der Waals surface area (Å²) in [6, 6.07) is 7.40. The molecule has 1 aromatic carbocycles. The van der Waals surface area contributed by atoms with E-state index in [9.17, 15) is 9.59 Å². The first-order valence-corrected chi connectivity index (χ1v) is 9.11. The molecule has 0 bridgehead atoms. The van der Waals surface area contributed by atoms with Crippen LogP contribution in [0.3, 0.4) is 0 Å². The molecule has 3 amide bonds. The van der Waals surface area contributed by atoms with Crippen molar-refractivity contribution in [3.8, 4) is 0 Å². The minimum absolute atomic E-state index is 0.0546. The Labute approximate surface area is 149 Å². The predicted octanol–water partition coefficient (Wildman–Crippen LogP) is 2.81. The van der Waals surface area contributed by atoms with Gasteiger partial charge < -0.3 is 19.9 Å². The molecule has 0 aromatic heterocycles. The van der Waals surface area contributed by atoms with E-state index in [4.69, 9.17) is 4.74 Å². The van der Waals surface area contributed by atoms with Crippen molar-refractivity contribution >= 4 is 17.6 Å². The standard InChI is InChI=1S/C19H27N3O3/c1-14(2)17-8-5-9-22(17)19(24)20-16-7-4-3-6-15(16)18(23)21-10-12-25-13-11-21/h3-4,6-7,14,17H,5,8-13H2,1-2H3,(H,20,24)/t17-/m1/s1. The van der Waals surface area contributed by atoms with Crippen LogP contribution >= 0.6 is 0 Å². The molecule has 0 unspecified atom stereocenters. The summed E-state index contributed by atoms with van der Waals surface area (Å²) in [5.74, 6) is 0.375. The zero-order valence-electron chi connectivity index (χ0n) is 15.0. The Morgan fingerprint density at radius 3 is 2.60 bits per heavy atom. The van der Waals surface area contributed by atoms with E-state index in [2.05, 4.69) is 19.2 Å². The number of likely N-dealkylation sites (tertiary alicyclic amines) is 1. The van der Waals surface area contributed by atoms with Crippen LogP contribution in [0.25, 0.3) is 0 Å². The number of amides is 3. The number of urea groups is 1. The highest BCUT2D eigenvalue weighted by Gasteiger charge is 2.31. The molecule has 1 atom stereocenters. The average molecular weight is 345 g/mol. The normalized spacial score (nSPS) is 20.8. The van der Waals surface area contributed by atoms with E-state index >= 15 is 0 Å². The van der Waals surface area contributed by atoms with E-state index in [1.54, 1.807) is 17.0 Å². The molecule has 0 radical (unpaired) electrons. The third-order valence-electron chi connectivity index (χ3n) is 5.03. The molecule has 2 heterocycles. The molecular weight excluding hydrogens is 318 g/mol. The van der Waals surface area contributed by atoms with E-state index in [-0.39, 0.29) is 18.0 Å². The molecule has 2 aliphatic heterocycles. The topological polar surface area (TPSA) is 61.9 Å². The van der Waals surface area contributed by atoms with Crippen LogP contribution in [0.2, 0.25) is 0 Å². The summed E-state index contributed by atoms with van der Waals surface area (Å²) in [6.07, 6.45) is 2.07. The van der Waals surface area contributed by atoms with Crippen LogP contribution < -0.4 is 5.32 Å². The summed E-state index contributed by atoms with van der Waals surface area (Å²) in [5.41, 5.74) is 1.12. The number of hydrogen-bond acceptors (Lipinski definition) is 3. The zero-order chi connectivity index (χ0) is 17.8. The molecule has 3 rings (SSSR count).